The number of aromatic hydroxyl groups is 1. The number of thiazole rings is 2. The molecular formula is C16H16N4O4S2. The minimum Gasteiger partial charge on any atom is -0.493 e. The maximum atomic E-state index is 10.0. The van der Waals surface area contributed by atoms with Crippen LogP contribution in [0.1, 0.15) is 4.88 Å². The number of nitrogens with one attached hydrogen (secondary N) is 1. The van der Waals surface area contributed by atoms with Gasteiger partial charge in [0.2, 0.25) is 11.6 Å². The molecule has 26 heavy (non-hydrogen) atoms. The highest BCUT2D eigenvalue weighted by atomic mass is 32.1. The molecule has 0 aliphatic carbocycles. The van der Waals surface area contributed by atoms with Gasteiger partial charge in [-0.1, -0.05) is 11.3 Å². The normalized spacial score (nSPS) is 10.9. The molecule has 136 valence electrons. The van der Waals surface area contributed by atoms with Crippen LogP contribution in [0, 0.1) is 0 Å². The van der Waals surface area contributed by atoms with Crippen molar-refractivity contribution in [2.45, 2.75) is 0 Å². The first-order chi connectivity index (χ1) is 12.6. The van der Waals surface area contributed by atoms with E-state index >= 15 is 0 Å². The predicted octanol–water partition coefficient (Wildman–Crippen LogP) is 3.83. The standard InChI is InChI=1S/C16H16N4O4S2/c1-22-10-6-9(7-11(23-2)13(10)24-3)18-8-12-14(21)19-16(26-12)20-15-17-4-5-25-15/h4-8,21H,1-3H3,(H,17,19,20). The van der Waals surface area contributed by atoms with Crippen molar-refractivity contribution in [2.24, 2.45) is 4.99 Å². The molecule has 0 fully saturated rings. The second-order valence-corrected chi connectivity index (χ2v) is 6.74. The molecule has 0 unspecified atom stereocenters. The molecule has 3 rings (SSSR count). The van der Waals surface area contributed by atoms with Gasteiger partial charge in [0.1, 0.15) is 4.88 Å². The summed E-state index contributed by atoms with van der Waals surface area (Å²) in [7, 11) is 4.61. The maximum absolute atomic E-state index is 10.0. The molecule has 0 aliphatic rings. The Balaban J connectivity index is 1.84. The number of hydrogen-bond donors (Lipinski definition) is 2. The lowest BCUT2D eigenvalue weighted by molar-refractivity contribution is 0.324. The van der Waals surface area contributed by atoms with Crippen molar-refractivity contribution in [3.63, 3.8) is 0 Å². The fourth-order valence-corrected chi connectivity index (χ4v) is 3.44. The molecule has 2 heterocycles. The monoisotopic (exact) mass is 392 g/mol. The van der Waals surface area contributed by atoms with E-state index in [1.54, 1.807) is 18.3 Å². The highest BCUT2D eigenvalue weighted by Crippen LogP contribution is 2.41. The molecule has 2 N–H and O–H groups in total. The second kappa shape index (κ2) is 8.02. The number of rotatable bonds is 7. The number of ether oxygens (including phenoxy) is 3. The molecule has 0 bridgehead atoms. The third kappa shape index (κ3) is 3.86. The number of benzene rings is 1. The van der Waals surface area contributed by atoms with Crippen molar-refractivity contribution in [3.05, 3.63) is 28.6 Å². The van der Waals surface area contributed by atoms with Gasteiger partial charge in [-0.15, -0.1) is 11.3 Å². The molecule has 10 heteroatoms. The van der Waals surface area contributed by atoms with Crippen LogP contribution < -0.4 is 19.5 Å². The van der Waals surface area contributed by atoms with Gasteiger partial charge in [-0.2, -0.15) is 4.98 Å². The van der Waals surface area contributed by atoms with Crippen LogP contribution >= 0.6 is 22.7 Å². The summed E-state index contributed by atoms with van der Waals surface area (Å²) in [5.74, 6) is 1.38. The van der Waals surface area contributed by atoms with Crippen molar-refractivity contribution >= 4 is 44.8 Å². The van der Waals surface area contributed by atoms with Crippen LogP contribution in [0.4, 0.5) is 16.0 Å². The zero-order chi connectivity index (χ0) is 18.5. The number of hydrogen-bond acceptors (Lipinski definition) is 10. The lowest BCUT2D eigenvalue weighted by Crippen LogP contribution is -1.94. The quantitative estimate of drug-likeness (QED) is 0.590. The molecule has 0 aliphatic heterocycles. The van der Waals surface area contributed by atoms with E-state index in [1.807, 2.05) is 5.38 Å². The van der Waals surface area contributed by atoms with Gasteiger partial charge in [-0.05, 0) is 0 Å². The van der Waals surface area contributed by atoms with Crippen molar-refractivity contribution in [2.75, 3.05) is 26.6 Å². The highest BCUT2D eigenvalue weighted by molar-refractivity contribution is 7.18. The maximum Gasteiger partial charge on any atom is 0.233 e. The number of nitrogens with zero attached hydrogens (tertiary/aromatic N) is 3. The first-order valence-corrected chi connectivity index (χ1v) is 9.04. The fourth-order valence-electron chi connectivity index (χ4n) is 2.11. The number of aromatic nitrogens is 2. The van der Waals surface area contributed by atoms with E-state index in [4.69, 9.17) is 14.2 Å². The van der Waals surface area contributed by atoms with Gasteiger partial charge in [0.15, 0.2) is 21.8 Å². The predicted molar refractivity (Wildman–Crippen MR) is 103 cm³/mol. The van der Waals surface area contributed by atoms with E-state index in [-0.39, 0.29) is 5.88 Å². The van der Waals surface area contributed by atoms with E-state index in [9.17, 15) is 5.11 Å². The van der Waals surface area contributed by atoms with Gasteiger partial charge >= 0.3 is 0 Å². The lowest BCUT2D eigenvalue weighted by Gasteiger charge is -2.12. The first-order valence-electron chi connectivity index (χ1n) is 7.35. The van der Waals surface area contributed by atoms with Gasteiger partial charge in [-0.3, -0.25) is 4.99 Å². The van der Waals surface area contributed by atoms with E-state index in [0.717, 1.165) is 0 Å². The molecule has 8 nitrogen and oxygen atoms in total. The van der Waals surface area contributed by atoms with Gasteiger partial charge in [0.25, 0.3) is 0 Å². The van der Waals surface area contributed by atoms with E-state index in [1.165, 1.54) is 50.2 Å². The zero-order valence-corrected chi connectivity index (χ0v) is 15.8. The van der Waals surface area contributed by atoms with Gasteiger partial charge < -0.3 is 24.6 Å². The fraction of sp³-hybridized carbons (Fsp3) is 0.188. The zero-order valence-electron chi connectivity index (χ0n) is 14.2. The number of anilines is 2. The summed E-state index contributed by atoms with van der Waals surface area (Å²) in [6.45, 7) is 0. The molecule has 0 atom stereocenters. The van der Waals surface area contributed by atoms with Crippen molar-refractivity contribution in [1.82, 2.24) is 9.97 Å². The molecule has 0 saturated carbocycles. The lowest BCUT2D eigenvalue weighted by atomic mass is 10.2. The van der Waals surface area contributed by atoms with Gasteiger partial charge in [0, 0.05) is 23.7 Å². The summed E-state index contributed by atoms with van der Waals surface area (Å²) in [6, 6.07) is 3.43. The second-order valence-electron chi connectivity index (χ2n) is 4.81. The Morgan fingerprint density at radius 2 is 1.85 bits per heavy atom. The van der Waals surface area contributed by atoms with Crippen LogP contribution in [0.25, 0.3) is 0 Å². The van der Waals surface area contributed by atoms with Crippen molar-refractivity contribution in [3.8, 4) is 23.1 Å². The molecule has 0 saturated heterocycles. The van der Waals surface area contributed by atoms with Gasteiger partial charge in [0.05, 0.1) is 33.2 Å². The van der Waals surface area contributed by atoms with Crippen LogP contribution in [0.15, 0.2) is 28.7 Å². The number of methoxy groups -OCH3 is 3. The Bertz CT molecular complexity index is 884. The average Bonchev–Trinajstić information content (AvgIpc) is 3.28. The molecule has 2 aromatic heterocycles. The van der Waals surface area contributed by atoms with Crippen LogP contribution in [-0.4, -0.2) is 42.6 Å². The summed E-state index contributed by atoms with van der Waals surface area (Å²) in [6.07, 6.45) is 3.22. The summed E-state index contributed by atoms with van der Waals surface area (Å²) in [4.78, 5) is 13.1. The summed E-state index contributed by atoms with van der Waals surface area (Å²) >= 11 is 2.71. The third-order valence-corrected chi connectivity index (χ3v) is 4.84. The van der Waals surface area contributed by atoms with Crippen molar-refractivity contribution < 1.29 is 19.3 Å². The Hall–Kier alpha value is -2.85. The van der Waals surface area contributed by atoms with Crippen LogP contribution in [0.5, 0.6) is 23.1 Å². The Kier molecular flexibility index (Phi) is 5.54. The Labute approximate surface area is 157 Å². The topological polar surface area (TPSA) is 98.1 Å². The van der Waals surface area contributed by atoms with Crippen molar-refractivity contribution in [1.29, 1.82) is 0 Å². The van der Waals surface area contributed by atoms with E-state index < -0.39 is 0 Å². The minimum atomic E-state index is -0.106. The molecule has 0 radical (unpaired) electrons. The van der Waals surface area contributed by atoms with Crippen LogP contribution in [0.3, 0.4) is 0 Å². The number of aliphatic imine (C=N–C) groups is 1. The third-order valence-electron chi connectivity index (χ3n) is 3.26. The molecule has 1 aromatic carbocycles. The summed E-state index contributed by atoms with van der Waals surface area (Å²) in [5.41, 5.74) is 0.585. The largest absolute Gasteiger partial charge is 0.493 e. The summed E-state index contributed by atoms with van der Waals surface area (Å²) in [5, 5.41) is 16.1. The molecule has 3 aromatic rings. The minimum absolute atomic E-state index is 0.106. The van der Waals surface area contributed by atoms with Gasteiger partial charge in [-0.25, -0.2) is 4.98 Å². The molecule has 0 spiro atoms. The molecular weight excluding hydrogens is 376 g/mol. The van der Waals surface area contributed by atoms with E-state index in [2.05, 4.69) is 20.3 Å². The van der Waals surface area contributed by atoms with Crippen LogP contribution in [0.2, 0.25) is 0 Å². The first kappa shape index (κ1) is 18.0. The highest BCUT2D eigenvalue weighted by Gasteiger charge is 2.13. The Morgan fingerprint density at radius 1 is 1.12 bits per heavy atom. The Morgan fingerprint density at radius 3 is 2.42 bits per heavy atom. The molecule has 0 amide bonds. The SMILES string of the molecule is COc1cc(N=Cc2sc(Nc3nccs3)nc2O)cc(OC)c1OC. The average molecular weight is 392 g/mol. The van der Waals surface area contributed by atoms with Crippen LogP contribution in [-0.2, 0) is 0 Å². The van der Waals surface area contributed by atoms with E-state index in [0.29, 0.717) is 38.1 Å². The smallest absolute Gasteiger partial charge is 0.233 e. The summed E-state index contributed by atoms with van der Waals surface area (Å²) < 4.78 is 15.9.